The van der Waals surface area contributed by atoms with E-state index >= 15 is 0 Å². The van der Waals surface area contributed by atoms with Gasteiger partial charge in [0.15, 0.2) is 0 Å². The first-order valence-electron chi connectivity index (χ1n) is 5.00. The van der Waals surface area contributed by atoms with Gasteiger partial charge in [-0.3, -0.25) is 9.78 Å². The number of pyridine rings is 1. The zero-order chi connectivity index (χ0) is 10.8. The van der Waals surface area contributed by atoms with E-state index in [2.05, 4.69) is 11.1 Å². The Balaban J connectivity index is 2.52. The predicted octanol–water partition coefficient (Wildman–Crippen LogP) is 2.67. The second kappa shape index (κ2) is 3.81. The summed E-state index contributed by atoms with van der Waals surface area (Å²) in [6.45, 7) is 3.61. The van der Waals surface area contributed by atoms with Crippen LogP contribution in [0.15, 0.2) is 30.5 Å². The average molecular weight is 199 g/mol. The van der Waals surface area contributed by atoms with E-state index < -0.39 is 0 Å². The van der Waals surface area contributed by atoms with Crippen LogP contribution in [0.25, 0.3) is 10.8 Å². The minimum atomic E-state index is 0.195. The van der Waals surface area contributed by atoms with Crippen LogP contribution in [0.3, 0.4) is 0 Å². The molecule has 0 N–H and O–H groups in total. The zero-order valence-corrected chi connectivity index (χ0v) is 8.95. The van der Waals surface area contributed by atoms with E-state index in [1.165, 1.54) is 0 Å². The maximum Gasteiger partial charge on any atom is 0.134 e. The van der Waals surface area contributed by atoms with Crippen LogP contribution in [0.1, 0.15) is 18.2 Å². The highest BCUT2D eigenvalue weighted by molar-refractivity contribution is 5.86. The molecule has 1 heterocycles. The Hall–Kier alpha value is -1.70. The fourth-order valence-corrected chi connectivity index (χ4v) is 1.78. The fraction of sp³-hybridized carbons (Fsp3) is 0.231. The number of aryl methyl sites for hydroxylation is 1. The lowest BCUT2D eigenvalue weighted by atomic mass is 10.0. The third kappa shape index (κ3) is 2.04. The van der Waals surface area contributed by atoms with Gasteiger partial charge in [-0.05, 0) is 30.9 Å². The van der Waals surface area contributed by atoms with Crippen LogP contribution >= 0.6 is 0 Å². The Kier molecular flexibility index (Phi) is 2.50. The van der Waals surface area contributed by atoms with Crippen LogP contribution in [-0.4, -0.2) is 10.8 Å². The monoisotopic (exact) mass is 199 g/mol. The van der Waals surface area contributed by atoms with Gasteiger partial charge in [0.2, 0.25) is 0 Å². The molecule has 1 aromatic carbocycles. The van der Waals surface area contributed by atoms with Gasteiger partial charge in [0.05, 0.1) is 0 Å². The van der Waals surface area contributed by atoms with E-state index in [4.69, 9.17) is 0 Å². The van der Waals surface area contributed by atoms with Crippen molar-refractivity contribution in [2.75, 3.05) is 0 Å². The van der Waals surface area contributed by atoms with E-state index in [0.717, 1.165) is 22.0 Å². The molecule has 0 aliphatic rings. The third-order valence-corrected chi connectivity index (χ3v) is 2.48. The number of carbonyl (C=O) groups excluding carboxylic acids is 1. The molecule has 0 fully saturated rings. The van der Waals surface area contributed by atoms with E-state index in [9.17, 15) is 4.79 Å². The highest BCUT2D eigenvalue weighted by Crippen LogP contribution is 2.18. The number of Topliss-reactive ketones (excluding diaryl/α,β-unsaturated/α-hetero) is 1. The number of fused-ring (bicyclic) bond motifs is 1. The van der Waals surface area contributed by atoms with Crippen LogP contribution in [-0.2, 0) is 11.2 Å². The summed E-state index contributed by atoms with van der Waals surface area (Å²) in [4.78, 5) is 15.2. The quantitative estimate of drug-likeness (QED) is 0.744. The van der Waals surface area contributed by atoms with E-state index in [0.29, 0.717) is 6.42 Å². The molecule has 15 heavy (non-hydrogen) atoms. The van der Waals surface area contributed by atoms with Crippen molar-refractivity contribution in [2.24, 2.45) is 0 Å². The molecule has 0 bridgehead atoms. The van der Waals surface area contributed by atoms with Crippen molar-refractivity contribution in [3.8, 4) is 0 Å². The summed E-state index contributed by atoms with van der Waals surface area (Å²) in [6.07, 6.45) is 2.31. The Bertz CT molecular complexity index is 517. The molecule has 0 aliphatic carbocycles. The van der Waals surface area contributed by atoms with Crippen molar-refractivity contribution in [3.63, 3.8) is 0 Å². The predicted molar refractivity (Wildman–Crippen MR) is 60.9 cm³/mol. The molecule has 76 valence electrons. The molecular weight excluding hydrogens is 186 g/mol. The molecule has 2 heteroatoms. The first kappa shape index (κ1) is 9.84. The van der Waals surface area contributed by atoms with Crippen LogP contribution < -0.4 is 0 Å². The Morgan fingerprint density at radius 1 is 1.33 bits per heavy atom. The van der Waals surface area contributed by atoms with Gasteiger partial charge >= 0.3 is 0 Å². The molecule has 0 unspecified atom stereocenters. The Morgan fingerprint density at radius 3 is 2.87 bits per heavy atom. The number of nitrogens with zero attached hydrogens (tertiary/aromatic N) is 1. The standard InChI is InChI=1S/C13H13NO/c1-9(15)7-11-3-4-13-10(2)14-6-5-12(13)8-11/h3-6,8H,7H2,1-2H3. The zero-order valence-electron chi connectivity index (χ0n) is 8.95. The molecular formula is C13H13NO. The minimum absolute atomic E-state index is 0.195. The van der Waals surface area contributed by atoms with Gasteiger partial charge in [-0.2, -0.15) is 0 Å². The van der Waals surface area contributed by atoms with Gasteiger partial charge in [0, 0.05) is 23.7 Å². The number of rotatable bonds is 2. The van der Waals surface area contributed by atoms with E-state index in [-0.39, 0.29) is 5.78 Å². The molecule has 0 aliphatic heterocycles. The molecule has 0 radical (unpaired) electrons. The van der Waals surface area contributed by atoms with Crippen molar-refractivity contribution >= 4 is 16.6 Å². The Labute approximate surface area is 89.0 Å². The van der Waals surface area contributed by atoms with Gasteiger partial charge in [-0.25, -0.2) is 0 Å². The maximum absolute atomic E-state index is 11.0. The average Bonchev–Trinajstić information content (AvgIpc) is 2.17. The normalized spacial score (nSPS) is 10.5. The summed E-state index contributed by atoms with van der Waals surface area (Å²) in [5, 5.41) is 2.31. The molecule has 2 aromatic rings. The number of aromatic nitrogens is 1. The van der Waals surface area contributed by atoms with Crippen molar-refractivity contribution in [2.45, 2.75) is 20.3 Å². The minimum Gasteiger partial charge on any atom is -0.300 e. The Morgan fingerprint density at radius 2 is 2.13 bits per heavy atom. The summed E-state index contributed by atoms with van der Waals surface area (Å²) < 4.78 is 0. The van der Waals surface area contributed by atoms with Crippen molar-refractivity contribution < 1.29 is 4.79 Å². The number of carbonyl (C=O) groups is 1. The molecule has 0 amide bonds. The summed E-state index contributed by atoms with van der Waals surface area (Å²) >= 11 is 0. The third-order valence-electron chi connectivity index (χ3n) is 2.48. The fourth-order valence-electron chi connectivity index (χ4n) is 1.78. The molecule has 2 nitrogen and oxygen atoms in total. The summed E-state index contributed by atoms with van der Waals surface area (Å²) in [5.74, 6) is 0.195. The number of hydrogen-bond acceptors (Lipinski definition) is 2. The van der Waals surface area contributed by atoms with Crippen LogP contribution in [0.5, 0.6) is 0 Å². The second-order valence-electron chi connectivity index (χ2n) is 3.83. The van der Waals surface area contributed by atoms with Gasteiger partial charge in [0.1, 0.15) is 5.78 Å². The van der Waals surface area contributed by atoms with Gasteiger partial charge in [-0.1, -0.05) is 18.2 Å². The number of ketones is 1. The highest BCUT2D eigenvalue weighted by Gasteiger charge is 2.01. The molecule has 2 rings (SSSR count). The maximum atomic E-state index is 11.0. The van der Waals surface area contributed by atoms with Crippen molar-refractivity contribution in [3.05, 3.63) is 41.7 Å². The van der Waals surface area contributed by atoms with Gasteiger partial charge in [0.25, 0.3) is 0 Å². The largest absolute Gasteiger partial charge is 0.300 e. The summed E-state index contributed by atoms with van der Waals surface area (Å²) in [5.41, 5.74) is 2.10. The lowest BCUT2D eigenvalue weighted by molar-refractivity contribution is -0.116. The molecule has 0 saturated carbocycles. The molecule has 0 atom stereocenters. The smallest absolute Gasteiger partial charge is 0.134 e. The van der Waals surface area contributed by atoms with Crippen molar-refractivity contribution in [1.29, 1.82) is 0 Å². The summed E-state index contributed by atoms with van der Waals surface area (Å²) in [7, 11) is 0. The first-order chi connectivity index (χ1) is 7.16. The molecule has 0 saturated heterocycles. The first-order valence-corrected chi connectivity index (χ1v) is 5.00. The van der Waals surface area contributed by atoms with Crippen LogP contribution in [0.2, 0.25) is 0 Å². The van der Waals surface area contributed by atoms with Crippen LogP contribution in [0.4, 0.5) is 0 Å². The second-order valence-corrected chi connectivity index (χ2v) is 3.83. The van der Waals surface area contributed by atoms with E-state index in [1.54, 1.807) is 13.1 Å². The lowest BCUT2D eigenvalue weighted by Crippen LogP contribution is -1.96. The van der Waals surface area contributed by atoms with Crippen LogP contribution in [0, 0.1) is 6.92 Å². The lowest BCUT2D eigenvalue weighted by Gasteiger charge is -2.03. The topological polar surface area (TPSA) is 30.0 Å². The van der Waals surface area contributed by atoms with Gasteiger partial charge in [-0.15, -0.1) is 0 Å². The number of benzene rings is 1. The summed E-state index contributed by atoms with van der Waals surface area (Å²) in [6, 6.07) is 8.08. The molecule has 0 spiro atoms. The van der Waals surface area contributed by atoms with Crippen molar-refractivity contribution in [1.82, 2.24) is 4.98 Å². The SMILES string of the molecule is CC(=O)Cc1ccc2c(C)nccc2c1. The van der Waals surface area contributed by atoms with Gasteiger partial charge < -0.3 is 0 Å². The highest BCUT2D eigenvalue weighted by atomic mass is 16.1. The van der Waals surface area contributed by atoms with E-state index in [1.807, 2.05) is 25.1 Å². The molecule has 1 aromatic heterocycles. The number of hydrogen-bond donors (Lipinski definition) is 0.